The fourth-order valence-electron chi connectivity index (χ4n) is 1.86. The second kappa shape index (κ2) is 6.94. The third kappa shape index (κ3) is 5.13. The van der Waals surface area contributed by atoms with Crippen molar-refractivity contribution in [1.82, 2.24) is 10.2 Å². The van der Waals surface area contributed by atoms with E-state index in [1.54, 1.807) is 11.8 Å². The molecule has 1 rings (SSSR count). The van der Waals surface area contributed by atoms with Crippen molar-refractivity contribution < 1.29 is 13.5 Å². The van der Waals surface area contributed by atoms with Crippen molar-refractivity contribution in [1.29, 1.82) is 0 Å². The van der Waals surface area contributed by atoms with Crippen molar-refractivity contribution in [3.8, 4) is 0 Å². The van der Waals surface area contributed by atoms with E-state index in [1.807, 2.05) is 11.8 Å². The SMILES string of the molecule is CCNCC(O)CN1CCSCC1S(C)(=O)=O. The molecule has 2 unspecified atom stereocenters. The molecule has 0 aromatic rings. The number of likely N-dealkylation sites (N-methyl/N-ethyl adjacent to an activating group) is 1. The summed E-state index contributed by atoms with van der Waals surface area (Å²) in [7, 11) is -3.07. The van der Waals surface area contributed by atoms with Crippen LogP contribution in [-0.4, -0.2) is 73.8 Å². The van der Waals surface area contributed by atoms with Gasteiger partial charge in [0.2, 0.25) is 0 Å². The maximum Gasteiger partial charge on any atom is 0.164 e. The molecule has 1 fully saturated rings. The van der Waals surface area contributed by atoms with E-state index >= 15 is 0 Å². The average molecular weight is 282 g/mol. The van der Waals surface area contributed by atoms with E-state index in [9.17, 15) is 13.5 Å². The smallest absolute Gasteiger partial charge is 0.164 e. The molecule has 1 aliphatic rings. The first kappa shape index (κ1) is 15.2. The molecule has 0 aromatic heterocycles. The number of hydrogen-bond donors (Lipinski definition) is 2. The fourth-order valence-corrected chi connectivity index (χ4v) is 4.82. The van der Waals surface area contributed by atoms with Crippen molar-refractivity contribution in [2.75, 3.05) is 43.9 Å². The van der Waals surface area contributed by atoms with Gasteiger partial charge in [0.25, 0.3) is 0 Å². The summed E-state index contributed by atoms with van der Waals surface area (Å²) in [5, 5.41) is 12.4. The van der Waals surface area contributed by atoms with Crippen molar-refractivity contribution in [2.45, 2.75) is 18.4 Å². The predicted octanol–water partition coefficient (Wildman–Crippen LogP) is -0.624. The van der Waals surface area contributed by atoms with Crippen LogP contribution < -0.4 is 5.32 Å². The minimum Gasteiger partial charge on any atom is -0.390 e. The third-order valence-electron chi connectivity index (χ3n) is 2.76. The molecule has 5 nitrogen and oxygen atoms in total. The van der Waals surface area contributed by atoms with Crippen LogP contribution in [0.4, 0.5) is 0 Å². The van der Waals surface area contributed by atoms with E-state index in [1.165, 1.54) is 6.26 Å². The van der Waals surface area contributed by atoms with Gasteiger partial charge in [-0.05, 0) is 6.54 Å². The molecule has 1 saturated heterocycles. The highest BCUT2D eigenvalue weighted by molar-refractivity contribution is 8.00. The van der Waals surface area contributed by atoms with Crippen LogP contribution in [-0.2, 0) is 9.84 Å². The van der Waals surface area contributed by atoms with Gasteiger partial charge in [-0.3, -0.25) is 4.90 Å². The second-order valence-electron chi connectivity index (χ2n) is 4.32. The molecule has 0 radical (unpaired) electrons. The lowest BCUT2D eigenvalue weighted by atomic mass is 10.3. The number of aliphatic hydroxyl groups excluding tert-OH is 1. The zero-order valence-corrected chi connectivity index (χ0v) is 12.1. The molecule has 0 amide bonds. The summed E-state index contributed by atoms with van der Waals surface area (Å²) in [4.78, 5) is 1.88. The van der Waals surface area contributed by atoms with Gasteiger partial charge in [0.1, 0.15) is 5.37 Å². The molecule has 0 aromatic carbocycles. The van der Waals surface area contributed by atoms with Gasteiger partial charge in [-0.25, -0.2) is 8.42 Å². The molecule has 17 heavy (non-hydrogen) atoms. The largest absolute Gasteiger partial charge is 0.390 e. The van der Waals surface area contributed by atoms with Gasteiger partial charge >= 0.3 is 0 Å². The molecule has 0 bridgehead atoms. The van der Waals surface area contributed by atoms with Gasteiger partial charge in [0, 0.05) is 37.4 Å². The van der Waals surface area contributed by atoms with Crippen LogP contribution in [0.3, 0.4) is 0 Å². The van der Waals surface area contributed by atoms with E-state index in [-0.39, 0.29) is 0 Å². The molecule has 1 aliphatic heterocycles. The normalized spacial score (nSPS) is 24.8. The first-order chi connectivity index (χ1) is 7.95. The average Bonchev–Trinajstić information content (AvgIpc) is 2.25. The molecule has 0 saturated carbocycles. The lowest BCUT2D eigenvalue weighted by Gasteiger charge is -2.35. The van der Waals surface area contributed by atoms with Gasteiger partial charge < -0.3 is 10.4 Å². The lowest BCUT2D eigenvalue weighted by Crippen LogP contribution is -2.50. The molecule has 0 aliphatic carbocycles. The van der Waals surface area contributed by atoms with Crippen LogP contribution in [0.5, 0.6) is 0 Å². The van der Waals surface area contributed by atoms with Gasteiger partial charge in [-0.2, -0.15) is 11.8 Å². The summed E-state index contributed by atoms with van der Waals surface area (Å²) >= 11 is 1.66. The standard InChI is InChI=1S/C10H22N2O3S2/c1-3-11-6-9(13)7-12-4-5-16-8-10(12)17(2,14)15/h9-11,13H,3-8H2,1-2H3. The highest BCUT2D eigenvalue weighted by atomic mass is 32.2. The Morgan fingerprint density at radius 3 is 2.88 bits per heavy atom. The molecule has 102 valence electrons. The Labute approximate surface area is 108 Å². The Morgan fingerprint density at radius 1 is 1.59 bits per heavy atom. The number of rotatable bonds is 6. The minimum atomic E-state index is -3.07. The Morgan fingerprint density at radius 2 is 2.29 bits per heavy atom. The Hall–Kier alpha value is 0.180. The molecule has 0 spiro atoms. The summed E-state index contributed by atoms with van der Waals surface area (Å²) in [5.41, 5.74) is 0. The van der Waals surface area contributed by atoms with Crippen molar-refractivity contribution in [2.24, 2.45) is 0 Å². The second-order valence-corrected chi connectivity index (χ2v) is 7.67. The van der Waals surface area contributed by atoms with Crippen LogP contribution in [0.1, 0.15) is 6.92 Å². The Kier molecular flexibility index (Phi) is 6.22. The highest BCUT2D eigenvalue weighted by Gasteiger charge is 2.31. The van der Waals surface area contributed by atoms with E-state index in [4.69, 9.17) is 0 Å². The monoisotopic (exact) mass is 282 g/mol. The minimum absolute atomic E-state index is 0.422. The maximum absolute atomic E-state index is 11.6. The van der Waals surface area contributed by atoms with Crippen LogP contribution in [0.15, 0.2) is 0 Å². The van der Waals surface area contributed by atoms with E-state index in [0.717, 1.165) is 18.8 Å². The Bertz CT molecular complexity index is 322. The quantitative estimate of drug-likeness (QED) is 0.676. The Balaban J connectivity index is 2.54. The third-order valence-corrected chi connectivity index (χ3v) is 5.45. The van der Waals surface area contributed by atoms with Gasteiger partial charge in [0.05, 0.1) is 6.10 Å². The van der Waals surface area contributed by atoms with Gasteiger partial charge in [-0.1, -0.05) is 6.92 Å². The predicted molar refractivity (Wildman–Crippen MR) is 72.1 cm³/mol. The van der Waals surface area contributed by atoms with Crippen LogP contribution in [0.25, 0.3) is 0 Å². The molecule has 1 heterocycles. The zero-order chi connectivity index (χ0) is 12.9. The zero-order valence-electron chi connectivity index (χ0n) is 10.4. The molecule has 7 heteroatoms. The first-order valence-corrected chi connectivity index (χ1v) is 8.95. The first-order valence-electron chi connectivity index (χ1n) is 5.84. The van der Waals surface area contributed by atoms with Crippen molar-refractivity contribution >= 4 is 21.6 Å². The van der Waals surface area contributed by atoms with Gasteiger partial charge in [0.15, 0.2) is 9.84 Å². The molecule has 2 atom stereocenters. The van der Waals surface area contributed by atoms with Crippen LogP contribution in [0, 0.1) is 0 Å². The summed E-state index contributed by atoms with van der Waals surface area (Å²) in [6, 6.07) is 0. The van der Waals surface area contributed by atoms with Crippen molar-refractivity contribution in [3.05, 3.63) is 0 Å². The topological polar surface area (TPSA) is 69.6 Å². The van der Waals surface area contributed by atoms with E-state index in [0.29, 0.717) is 18.8 Å². The molecular formula is C10H22N2O3S2. The van der Waals surface area contributed by atoms with Crippen LogP contribution in [0.2, 0.25) is 0 Å². The number of hydrogen-bond acceptors (Lipinski definition) is 6. The van der Waals surface area contributed by atoms with Crippen LogP contribution >= 0.6 is 11.8 Å². The number of sulfone groups is 1. The summed E-state index contributed by atoms with van der Waals surface area (Å²) in [5.74, 6) is 1.53. The van der Waals surface area contributed by atoms with E-state index in [2.05, 4.69) is 5.32 Å². The summed E-state index contributed by atoms with van der Waals surface area (Å²) < 4.78 is 23.3. The van der Waals surface area contributed by atoms with Gasteiger partial charge in [-0.15, -0.1) is 0 Å². The summed E-state index contributed by atoms with van der Waals surface area (Å²) in [6.07, 6.45) is 0.759. The molecular weight excluding hydrogens is 260 g/mol. The number of nitrogens with one attached hydrogen (secondary N) is 1. The van der Waals surface area contributed by atoms with E-state index < -0.39 is 21.3 Å². The van der Waals surface area contributed by atoms with Crippen molar-refractivity contribution in [3.63, 3.8) is 0 Å². The lowest BCUT2D eigenvalue weighted by molar-refractivity contribution is 0.110. The number of aliphatic hydroxyl groups is 1. The fraction of sp³-hybridized carbons (Fsp3) is 1.00. The number of nitrogens with zero attached hydrogens (tertiary/aromatic N) is 1. The molecule has 2 N–H and O–H groups in total. The highest BCUT2D eigenvalue weighted by Crippen LogP contribution is 2.20. The number of thioether (sulfide) groups is 1. The number of β-amino-alcohol motifs (C(OH)–C–C–N with tert-alkyl or cyclic N) is 1. The maximum atomic E-state index is 11.6. The summed E-state index contributed by atoms with van der Waals surface area (Å²) in [6.45, 7) is 4.44.